The van der Waals surface area contributed by atoms with Gasteiger partial charge < -0.3 is 16.2 Å². The Bertz CT molecular complexity index is 875. The maximum Gasteiger partial charge on any atom is 0.229 e. The molecule has 144 valence electrons. The molecular weight excluding hydrogens is 340 g/mol. The summed E-state index contributed by atoms with van der Waals surface area (Å²) < 4.78 is 0. The summed E-state index contributed by atoms with van der Waals surface area (Å²) >= 11 is 0. The van der Waals surface area contributed by atoms with Crippen molar-refractivity contribution in [2.45, 2.75) is 47.0 Å². The Morgan fingerprint density at radius 2 is 1.59 bits per heavy atom. The fraction of sp³-hybridized carbons (Fsp3) is 0.381. The van der Waals surface area contributed by atoms with Crippen LogP contribution in [0, 0.1) is 5.41 Å². The number of azo groups is 1. The summed E-state index contributed by atoms with van der Waals surface area (Å²) in [5.41, 5.74) is 8.38. The van der Waals surface area contributed by atoms with E-state index in [0.29, 0.717) is 22.7 Å². The van der Waals surface area contributed by atoms with E-state index < -0.39 is 5.41 Å². The molecule has 27 heavy (non-hydrogen) atoms. The standard InChI is InChI=1S/C21H28N4O2/c1-20(2,3)13-7-9-15(22)17(11-13)25-24-16-10-8-14(12-18(16)26)23-19(27)21(4,5)6/h7-12,26H,22H2,1-6H3,(H,23,27). The van der Waals surface area contributed by atoms with Gasteiger partial charge in [0, 0.05) is 17.2 Å². The number of amides is 1. The van der Waals surface area contributed by atoms with Gasteiger partial charge in [0.05, 0.1) is 5.69 Å². The normalized spacial score (nSPS) is 12.4. The third kappa shape index (κ3) is 5.29. The van der Waals surface area contributed by atoms with Crippen LogP contribution >= 0.6 is 0 Å². The lowest BCUT2D eigenvalue weighted by molar-refractivity contribution is -0.123. The first-order valence-electron chi connectivity index (χ1n) is 8.84. The zero-order valence-corrected chi connectivity index (χ0v) is 16.8. The zero-order valence-electron chi connectivity index (χ0n) is 16.8. The molecule has 2 aromatic rings. The van der Waals surface area contributed by atoms with Gasteiger partial charge in [-0.25, -0.2) is 0 Å². The molecular formula is C21H28N4O2. The molecule has 1 amide bonds. The number of anilines is 2. The van der Waals surface area contributed by atoms with Crippen LogP contribution in [0.15, 0.2) is 46.6 Å². The number of benzene rings is 2. The van der Waals surface area contributed by atoms with Crippen molar-refractivity contribution in [1.29, 1.82) is 0 Å². The Morgan fingerprint density at radius 3 is 2.15 bits per heavy atom. The number of hydrogen-bond acceptors (Lipinski definition) is 5. The first-order chi connectivity index (χ1) is 12.4. The Hall–Kier alpha value is -2.89. The van der Waals surface area contributed by atoms with E-state index in [1.54, 1.807) is 18.2 Å². The number of aromatic hydroxyl groups is 1. The average Bonchev–Trinajstić information content (AvgIpc) is 2.53. The lowest BCUT2D eigenvalue weighted by Crippen LogP contribution is -2.27. The first kappa shape index (κ1) is 20.4. The number of phenols is 1. The SMILES string of the molecule is CC(C)(C)C(=O)Nc1ccc(N=Nc2cc(C(C)(C)C)ccc2N)c(O)c1. The number of carbonyl (C=O) groups is 1. The van der Waals surface area contributed by atoms with Crippen LogP contribution in [-0.4, -0.2) is 11.0 Å². The van der Waals surface area contributed by atoms with E-state index in [1.807, 2.05) is 32.9 Å². The number of nitrogens with zero attached hydrogens (tertiary/aromatic N) is 2. The van der Waals surface area contributed by atoms with E-state index in [4.69, 9.17) is 5.73 Å². The molecule has 0 fully saturated rings. The van der Waals surface area contributed by atoms with E-state index in [0.717, 1.165) is 5.56 Å². The van der Waals surface area contributed by atoms with Crippen LogP contribution in [0.2, 0.25) is 0 Å². The second kappa shape index (κ2) is 7.39. The molecule has 0 radical (unpaired) electrons. The van der Waals surface area contributed by atoms with Gasteiger partial charge in [0.1, 0.15) is 17.1 Å². The topological polar surface area (TPSA) is 100 Å². The second-order valence-corrected chi connectivity index (χ2v) is 8.63. The summed E-state index contributed by atoms with van der Waals surface area (Å²) in [6.07, 6.45) is 0. The third-order valence-electron chi connectivity index (χ3n) is 4.08. The van der Waals surface area contributed by atoms with Crippen molar-refractivity contribution in [3.05, 3.63) is 42.0 Å². The average molecular weight is 368 g/mol. The van der Waals surface area contributed by atoms with E-state index in [-0.39, 0.29) is 17.1 Å². The molecule has 0 saturated heterocycles. The van der Waals surface area contributed by atoms with Crippen molar-refractivity contribution >= 4 is 28.7 Å². The van der Waals surface area contributed by atoms with Crippen molar-refractivity contribution < 1.29 is 9.90 Å². The molecule has 0 bridgehead atoms. The minimum absolute atomic E-state index is 0.0347. The van der Waals surface area contributed by atoms with Gasteiger partial charge in [0.15, 0.2) is 0 Å². The first-order valence-corrected chi connectivity index (χ1v) is 8.84. The minimum Gasteiger partial charge on any atom is -0.506 e. The molecule has 6 heteroatoms. The lowest BCUT2D eigenvalue weighted by Gasteiger charge is -2.19. The number of hydrogen-bond donors (Lipinski definition) is 3. The number of nitrogens with two attached hydrogens (primary N) is 1. The zero-order chi connectivity index (χ0) is 20.4. The molecule has 4 N–H and O–H groups in total. The van der Waals surface area contributed by atoms with Gasteiger partial charge in [-0.1, -0.05) is 47.6 Å². The molecule has 0 aliphatic heterocycles. The van der Waals surface area contributed by atoms with E-state index >= 15 is 0 Å². The predicted octanol–water partition coefficient (Wildman–Crippen LogP) is 5.67. The third-order valence-corrected chi connectivity index (χ3v) is 4.08. The van der Waals surface area contributed by atoms with E-state index in [9.17, 15) is 9.90 Å². The highest BCUT2D eigenvalue weighted by Gasteiger charge is 2.21. The van der Waals surface area contributed by atoms with Crippen LogP contribution in [0.5, 0.6) is 5.75 Å². The van der Waals surface area contributed by atoms with Crippen molar-refractivity contribution in [3.8, 4) is 5.75 Å². The van der Waals surface area contributed by atoms with Gasteiger partial charge in [-0.2, -0.15) is 0 Å². The fourth-order valence-corrected chi connectivity index (χ4v) is 2.21. The maximum absolute atomic E-state index is 12.0. The van der Waals surface area contributed by atoms with Crippen LogP contribution in [0.3, 0.4) is 0 Å². The summed E-state index contributed by atoms with van der Waals surface area (Å²) in [6.45, 7) is 11.8. The molecule has 2 aromatic carbocycles. The molecule has 0 saturated carbocycles. The lowest BCUT2D eigenvalue weighted by atomic mass is 9.87. The smallest absolute Gasteiger partial charge is 0.229 e. The Kier molecular flexibility index (Phi) is 5.59. The quantitative estimate of drug-likeness (QED) is 0.480. The number of phenolic OH excluding ortho intramolecular Hbond substituents is 1. The number of nitrogens with one attached hydrogen (secondary N) is 1. The van der Waals surface area contributed by atoms with Crippen LogP contribution in [0.25, 0.3) is 0 Å². The van der Waals surface area contributed by atoms with Crippen LogP contribution in [0.1, 0.15) is 47.1 Å². The largest absolute Gasteiger partial charge is 0.506 e. The fourth-order valence-electron chi connectivity index (χ4n) is 2.21. The second-order valence-electron chi connectivity index (χ2n) is 8.63. The summed E-state index contributed by atoms with van der Waals surface area (Å²) in [4.78, 5) is 12.0. The van der Waals surface area contributed by atoms with Crippen molar-refractivity contribution in [2.24, 2.45) is 15.6 Å². The minimum atomic E-state index is -0.524. The Balaban J connectivity index is 2.24. The monoisotopic (exact) mass is 368 g/mol. The van der Waals surface area contributed by atoms with Crippen molar-refractivity contribution in [2.75, 3.05) is 11.1 Å². The van der Waals surface area contributed by atoms with Gasteiger partial charge in [-0.15, -0.1) is 10.2 Å². The van der Waals surface area contributed by atoms with Gasteiger partial charge in [-0.3, -0.25) is 4.79 Å². The van der Waals surface area contributed by atoms with Gasteiger partial charge in [0.25, 0.3) is 0 Å². The Morgan fingerprint density at radius 1 is 0.963 bits per heavy atom. The summed E-state index contributed by atoms with van der Waals surface area (Å²) in [5, 5.41) is 21.3. The van der Waals surface area contributed by atoms with Crippen molar-refractivity contribution in [3.63, 3.8) is 0 Å². The molecule has 0 aromatic heterocycles. The molecule has 0 heterocycles. The highest BCUT2D eigenvalue weighted by Crippen LogP contribution is 2.34. The molecule has 0 atom stereocenters. The molecule has 0 aliphatic rings. The Labute approximate surface area is 160 Å². The van der Waals surface area contributed by atoms with E-state index in [2.05, 4.69) is 36.3 Å². The number of carbonyl (C=O) groups excluding carboxylic acids is 1. The van der Waals surface area contributed by atoms with Crippen LogP contribution < -0.4 is 11.1 Å². The summed E-state index contributed by atoms with van der Waals surface area (Å²) in [5.74, 6) is -0.209. The van der Waals surface area contributed by atoms with Gasteiger partial charge in [0.2, 0.25) is 5.91 Å². The van der Waals surface area contributed by atoms with Gasteiger partial charge in [-0.05, 0) is 35.2 Å². The molecule has 0 spiro atoms. The molecule has 6 nitrogen and oxygen atoms in total. The number of nitrogen functional groups attached to an aromatic ring is 1. The summed E-state index contributed by atoms with van der Waals surface area (Å²) in [6, 6.07) is 10.4. The van der Waals surface area contributed by atoms with Gasteiger partial charge >= 0.3 is 0 Å². The molecule has 2 rings (SSSR count). The summed E-state index contributed by atoms with van der Waals surface area (Å²) in [7, 11) is 0. The van der Waals surface area contributed by atoms with Crippen LogP contribution in [-0.2, 0) is 10.2 Å². The van der Waals surface area contributed by atoms with Crippen LogP contribution in [0.4, 0.5) is 22.7 Å². The van der Waals surface area contributed by atoms with Crippen molar-refractivity contribution in [1.82, 2.24) is 0 Å². The predicted molar refractivity (Wildman–Crippen MR) is 110 cm³/mol. The maximum atomic E-state index is 12.0. The van der Waals surface area contributed by atoms with E-state index in [1.165, 1.54) is 6.07 Å². The molecule has 0 aliphatic carbocycles. The highest BCUT2D eigenvalue weighted by atomic mass is 16.3. The highest BCUT2D eigenvalue weighted by molar-refractivity contribution is 5.94. The number of rotatable bonds is 3. The molecule has 0 unspecified atom stereocenters.